The molecule has 0 radical (unpaired) electrons. The number of rotatable bonds is 5. The van der Waals surface area contributed by atoms with Crippen LogP contribution in [0.5, 0.6) is 0 Å². The number of aryl methyl sites for hydroxylation is 1. The molecular formula is C18H26N4OS. The van der Waals surface area contributed by atoms with Crippen molar-refractivity contribution in [3.63, 3.8) is 0 Å². The van der Waals surface area contributed by atoms with Crippen LogP contribution in [0.25, 0.3) is 10.2 Å². The molecule has 6 heteroatoms. The Morgan fingerprint density at radius 3 is 2.79 bits per heavy atom. The largest absolute Gasteiger partial charge is 0.350 e. The van der Waals surface area contributed by atoms with Crippen molar-refractivity contribution >= 4 is 33.3 Å². The number of carbonyl (C=O) groups excluding carboxylic acids is 1. The maximum Gasteiger partial charge on any atom is 0.242 e. The summed E-state index contributed by atoms with van der Waals surface area (Å²) in [5.41, 5.74) is 1.41. The van der Waals surface area contributed by atoms with Crippen LogP contribution in [0, 0.1) is 5.92 Å². The van der Waals surface area contributed by atoms with Gasteiger partial charge in [-0.05, 0) is 44.6 Å². The minimum atomic E-state index is 0.145. The number of fused-ring (bicyclic) bond motifs is 3. The predicted molar refractivity (Wildman–Crippen MR) is 99.8 cm³/mol. The van der Waals surface area contributed by atoms with Gasteiger partial charge in [0.1, 0.15) is 17.0 Å². The van der Waals surface area contributed by atoms with Gasteiger partial charge in [0, 0.05) is 25.0 Å². The molecule has 0 saturated heterocycles. The molecule has 1 aliphatic carbocycles. The van der Waals surface area contributed by atoms with Crippen molar-refractivity contribution in [2.45, 2.75) is 40.0 Å². The van der Waals surface area contributed by atoms with Gasteiger partial charge in [0.25, 0.3) is 0 Å². The lowest BCUT2D eigenvalue weighted by atomic mass is 9.89. The highest BCUT2D eigenvalue weighted by molar-refractivity contribution is 7.19. The fourth-order valence-corrected chi connectivity index (χ4v) is 4.85. The van der Waals surface area contributed by atoms with E-state index in [9.17, 15) is 4.79 Å². The predicted octanol–water partition coefficient (Wildman–Crippen LogP) is 3.12. The highest BCUT2D eigenvalue weighted by Crippen LogP contribution is 2.40. The minimum Gasteiger partial charge on any atom is -0.350 e. The lowest BCUT2D eigenvalue weighted by Gasteiger charge is -2.24. The van der Waals surface area contributed by atoms with Crippen LogP contribution < -0.4 is 4.90 Å². The first kappa shape index (κ1) is 17.1. The minimum absolute atomic E-state index is 0.145. The van der Waals surface area contributed by atoms with Gasteiger partial charge in [0.2, 0.25) is 5.91 Å². The van der Waals surface area contributed by atoms with E-state index in [2.05, 4.69) is 16.9 Å². The number of aromatic nitrogens is 2. The number of anilines is 1. The van der Waals surface area contributed by atoms with Crippen LogP contribution >= 0.6 is 11.3 Å². The van der Waals surface area contributed by atoms with E-state index < -0.39 is 0 Å². The summed E-state index contributed by atoms with van der Waals surface area (Å²) in [4.78, 5) is 27.8. The van der Waals surface area contributed by atoms with Crippen molar-refractivity contribution in [3.8, 4) is 0 Å². The Hall–Kier alpha value is -1.69. The third kappa shape index (κ3) is 3.11. The Morgan fingerprint density at radius 1 is 1.33 bits per heavy atom. The molecule has 0 bridgehead atoms. The second kappa shape index (κ2) is 7.05. The summed E-state index contributed by atoms with van der Waals surface area (Å²) >= 11 is 1.80. The van der Waals surface area contributed by atoms with E-state index >= 15 is 0 Å². The van der Waals surface area contributed by atoms with Crippen LogP contribution in [0.3, 0.4) is 0 Å². The molecule has 5 nitrogen and oxygen atoms in total. The smallest absolute Gasteiger partial charge is 0.242 e. The summed E-state index contributed by atoms with van der Waals surface area (Å²) in [6.07, 6.45) is 5.07. The number of nitrogens with zero attached hydrogens (tertiary/aromatic N) is 4. The van der Waals surface area contributed by atoms with Crippen LogP contribution in [-0.2, 0) is 17.6 Å². The quantitative estimate of drug-likeness (QED) is 0.835. The molecule has 2 heterocycles. The standard InChI is InChI=1S/C18H26N4OS/c1-5-22(6-2)15(23)10-21(4)17-16-13-8-7-12(3)9-14(13)24-18(16)20-11-19-17/h11-12H,5-10H2,1-4H3/t12-/m1/s1. The summed E-state index contributed by atoms with van der Waals surface area (Å²) in [5.74, 6) is 1.78. The molecule has 3 rings (SSSR count). The van der Waals surface area contributed by atoms with E-state index in [1.165, 1.54) is 22.2 Å². The summed E-state index contributed by atoms with van der Waals surface area (Å²) < 4.78 is 0. The van der Waals surface area contributed by atoms with Crippen LogP contribution in [0.1, 0.15) is 37.6 Å². The monoisotopic (exact) mass is 346 g/mol. The lowest BCUT2D eigenvalue weighted by Crippen LogP contribution is -2.39. The normalized spacial score (nSPS) is 16.9. The molecule has 2 aromatic heterocycles. The van der Waals surface area contributed by atoms with Crippen molar-refractivity contribution in [1.82, 2.24) is 14.9 Å². The lowest BCUT2D eigenvalue weighted by molar-refractivity contribution is -0.129. The molecular weight excluding hydrogens is 320 g/mol. The van der Waals surface area contributed by atoms with Gasteiger partial charge >= 0.3 is 0 Å². The fraction of sp³-hybridized carbons (Fsp3) is 0.611. The zero-order valence-electron chi connectivity index (χ0n) is 15.0. The van der Waals surface area contributed by atoms with Gasteiger partial charge < -0.3 is 9.80 Å². The average Bonchev–Trinajstić information content (AvgIpc) is 2.93. The maximum absolute atomic E-state index is 12.4. The van der Waals surface area contributed by atoms with Crippen LogP contribution in [-0.4, -0.2) is 47.5 Å². The Bertz CT molecular complexity index is 738. The van der Waals surface area contributed by atoms with Crippen molar-refractivity contribution in [2.75, 3.05) is 31.6 Å². The Morgan fingerprint density at radius 2 is 2.08 bits per heavy atom. The average molecular weight is 347 g/mol. The van der Waals surface area contributed by atoms with Crippen LogP contribution in [0.4, 0.5) is 5.82 Å². The Kier molecular flexibility index (Phi) is 5.04. The van der Waals surface area contributed by atoms with E-state index in [0.29, 0.717) is 6.54 Å². The molecule has 0 aliphatic heterocycles. The highest BCUT2D eigenvalue weighted by atomic mass is 32.1. The topological polar surface area (TPSA) is 49.3 Å². The summed E-state index contributed by atoms with van der Waals surface area (Å²) in [6, 6.07) is 0. The third-order valence-electron chi connectivity index (χ3n) is 4.92. The van der Waals surface area contributed by atoms with E-state index in [4.69, 9.17) is 0 Å². The van der Waals surface area contributed by atoms with E-state index in [1.807, 2.05) is 30.7 Å². The number of likely N-dealkylation sites (N-methyl/N-ethyl adjacent to an activating group) is 2. The first-order valence-corrected chi connectivity index (χ1v) is 9.60. The molecule has 0 saturated carbocycles. The van der Waals surface area contributed by atoms with Crippen molar-refractivity contribution in [2.24, 2.45) is 5.92 Å². The number of amides is 1. The molecule has 130 valence electrons. The van der Waals surface area contributed by atoms with Crippen LogP contribution in [0.15, 0.2) is 6.33 Å². The SMILES string of the molecule is CCN(CC)C(=O)CN(C)c1ncnc2sc3c(c12)CC[C@@H](C)C3. The molecule has 0 spiro atoms. The highest BCUT2D eigenvalue weighted by Gasteiger charge is 2.25. The summed E-state index contributed by atoms with van der Waals surface area (Å²) in [5, 5.41) is 1.17. The van der Waals surface area contributed by atoms with Gasteiger partial charge in [-0.25, -0.2) is 9.97 Å². The molecule has 1 amide bonds. The van der Waals surface area contributed by atoms with Crippen molar-refractivity contribution < 1.29 is 4.79 Å². The fourth-order valence-electron chi connectivity index (χ4n) is 3.50. The molecule has 0 unspecified atom stereocenters. The zero-order valence-corrected chi connectivity index (χ0v) is 15.8. The number of thiophene rings is 1. The molecule has 2 aromatic rings. The van der Waals surface area contributed by atoms with Gasteiger partial charge in [-0.3, -0.25) is 4.79 Å². The van der Waals surface area contributed by atoms with Crippen molar-refractivity contribution in [1.29, 1.82) is 0 Å². The number of hydrogen-bond donors (Lipinski definition) is 0. The van der Waals surface area contributed by atoms with Crippen LogP contribution in [0.2, 0.25) is 0 Å². The second-order valence-corrected chi connectivity index (χ2v) is 7.73. The first-order valence-electron chi connectivity index (χ1n) is 8.79. The first-order chi connectivity index (χ1) is 11.5. The molecule has 0 aromatic carbocycles. The van der Waals surface area contributed by atoms with Gasteiger partial charge in [-0.1, -0.05) is 6.92 Å². The Balaban J connectivity index is 1.93. The number of hydrogen-bond acceptors (Lipinski definition) is 5. The third-order valence-corrected chi connectivity index (χ3v) is 6.08. The molecule has 1 aliphatic rings. The summed E-state index contributed by atoms with van der Waals surface area (Å²) in [7, 11) is 1.96. The van der Waals surface area contributed by atoms with E-state index in [1.54, 1.807) is 17.7 Å². The summed E-state index contributed by atoms with van der Waals surface area (Å²) in [6.45, 7) is 8.19. The molecule has 24 heavy (non-hydrogen) atoms. The van der Waals surface area contributed by atoms with Gasteiger partial charge in [-0.15, -0.1) is 11.3 Å². The van der Waals surface area contributed by atoms with E-state index in [0.717, 1.165) is 42.5 Å². The van der Waals surface area contributed by atoms with Gasteiger partial charge in [0.05, 0.1) is 11.9 Å². The maximum atomic E-state index is 12.4. The van der Waals surface area contributed by atoms with Gasteiger partial charge in [0.15, 0.2) is 0 Å². The molecule has 1 atom stereocenters. The number of carbonyl (C=O) groups is 1. The molecule has 0 fully saturated rings. The van der Waals surface area contributed by atoms with Gasteiger partial charge in [-0.2, -0.15) is 0 Å². The molecule has 0 N–H and O–H groups in total. The Labute approximate surface area is 147 Å². The van der Waals surface area contributed by atoms with E-state index in [-0.39, 0.29) is 5.91 Å². The second-order valence-electron chi connectivity index (χ2n) is 6.65. The van der Waals surface area contributed by atoms with Crippen molar-refractivity contribution in [3.05, 3.63) is 16.8 Å². The zero-order chi connectivity index (χ0) is 17.3.